The molecule has 0 radical (unpaired) electrons. The summed E-state index contributed by atoms with van der Waals surface area (Å²) >= 11 is 0. The Bertz CT molecular complexity index is 476. The van der Waals surface area contributed by atoms with Crippen LogP contribution in [0.15, 0.2) is 24.3 Å². The lowest BCUT2D eigenvalue weighted by Gasteiger charge is -2.24. The van der Waals surface area contributed by atoms with E-state index in [1.807, 2.05) is 38.2 Å². The van der Waals surface area contributed by atoms with Crippen LogP contribution >= 0.6 is 0 Å². The molecule has 1 saturated carbocycles. The molecule has 0 spiro atoms. The number of aryl methyl sites for hydroxylation is 1. The minimum atomic E-state index is 0.110. The number of likely N-dealkylation sites (N-methyl/N-ethyl adjacent to an activating group) is 1. The van der Waals surface area contributed by atoms with Gasteiger partial charge in [0.25, 0.3) is 0 Å². The molecule has 1 fully saturated rings. The average Bonchev–Trinajstić information content (AvgIpc) is 2.94. The maximum atomic E-state index is 12.4. The van der Waals surface area contributed by atoms with E-state index >= 15 is 0 Å². The third-order valence-corrected chi connectivity index (χ3v) is 4.34. The topological polar surface area (TPSA) is 55.6 Å². The van der Waals surface area contributed by atoms with E-state index in [1.54, 1.807) is 4.90 Å². The highest BCUT2D eigenvalue weighted by Gasteiger charge is 2.33. The van der Waals surface area contributed by atoms with Gasteiger partial charge in [-0.15, -0.1) is 0 Å². The Kier molecular flexibility index (Phi) is 5.62. The molecule has 1 aromatic rings. The normalized spacial score (nSPS) is 21.3. The molecule has 0 heterocycles. The third-order valence-electron chi connectivity index (χ3n) is 4.34. The Morgan fingerprint density at radius 1 is 1.43 bits per heavy atom. The number of amides is 1. The van der Waals surface area contributed by atoms with Crippen molar-refractivity contribution in [2.75, 3.05) is 26.7 Å². The zero-order chi connectivity index (χ0) is 15.2. The summed E-state index contributed by atoms with van der Waals surface area (Å²) < 4.78 is 5.70. The van der Waals surface area contributed by atoms with Crippen molar-refractivity contribution in [1.82, 2.24) is 4.90 Å². The molecule has 0 bridgehead atoms. The number of ether oxygens (including phenoxy) is 1. The van der Waals surface area contributed by atoms with Crippen LogP contribution in [0.1, 0.15) is 24.8 Å². The van der Waals surface area contributed by atoms with Gasteiger partial charge in [0.2, 0.25) is 5.91 Å². The summed E-state index contributed by atoms with van der Waals surface area (Å²) in [4.78, 5) is 14.2. The fraction of sp³-hybridized carbons (Fsp3) is 0.588. The fourth-order valence-electron chi connectivity index (χ4n) is 3.04. The minimum Gasteiger partial charge on any atom is -0.492 e. The summed E-state index contributed by atoms with van der Waals surface area (Å²) in [6.07, 6.45) is 3.18. The molecule has 116 valence electrons. The van der Waals surface area contributed by atoms with Crippen molar-refractivity contribution in [2.45, 2.75) is 26.2 Å². The molecule has 1 aromatic carbocycles. The van der Waals surface area contributed by atoms with Crippen LogP contribution in [0.5, 0.6) is 5.75 Å². The number of hydrogen-bond donors (Lipinski definition) is 1. The van der Waals surface area contributed by atoms with E-state index in [1.165, 1.54) is 5.56 Å². The van der Waals surface area contributed by atoms with Crippen molar-refractivity contribution in [1.29, 1.82) is 0 Å². The molecule has 2 N–H and O–H groups in total. The number of rotatable bonds is 6. The van der Waals surface area contributed by atoms with E-state index < -0.39 is 0 Å². The Morgan fingerprint density at radius 2 is 2.24 bits per heavy atom. The second-order valence-corrected chi connectivity index (χ2v) is 5.96. The van der Waals surface area contributed by atoms with Crippen molar-refractivity contribution in [3.8, 4) is 5.75 Å². The Hall–Kier alpha value is -1.55. The van der Waals surface area contributed by atoms with Crippen LogP contribution in [0.4, 0.5) is 0 Å². The Labute approximate surface area is 127 Å². The summed E-state index contributed by atoms with van der Waals surface area (Å²) in [7, 11) is 1.85. The van der Waals surface area contributed by atoms with Crippen LogP contribution in [-0.2, 0) is 4.79 Å². The second kappa shape index (κ2) is 7.46. The van der Waals surface area contributed by atoms with Crippen LogP contribution in [0.3, 0.4) is 0 Å². The molecule has 2 atom stereocenters. The highest BCUT2D eigenvalue weighted by atomic mass is 16.5. The van der Waals surface area contributed by atoms with E-state index in [0.29, 0.717) is 25.6 Å². The maximum Gasteiger partial charge on any atom is 0.225 e. The van der Waals surface area contributed by atoms with Gasteiger partial charge in [0.15, 0.2) is 0 Å². The monoisotopic (exact) mass is 290 g/mol. The molecule has 1 amide bonds. The Morgan fingerprint density at radius 3 is 2.95 bits per heavy atom. The highest BCUT2D eigenvalue weighted by molar-refractivity contribution is 5.79. The van der Waals surface area contributed by atoms with Gasteiger partial charge in [0, 0.05) is 13.0 Å². The van der Waals surface area contributed by atoms with E-state index in [4.69, 9.17) is 10.5 Å². The number of carbonyl (C=O) groups is 1. The number of benzene rings is 1. The predicted molar refractivity (Wildman–Crippen MR) is 84.2 cm³/mol. The standard InChI is InChI=1S/C17H26N2O2/c1-13-5-3-7-15(11-13)21-10-9-19(2)17(20)16-8-4-6-14(16)12-18/h3,5,7,11,14,16H,4,6,8-10,12,18H2,1-2H3. The molecule has 1 aliphatic carbocycles. The molecule has 0 aromatic heterocycles. The molecular formula is C17H26N2O2. The molecule has 1 aliphatic rings. The Balaban J connectivity index is 1.79. The van der Waals surface area contributed by atoms with Gasteiger partial charge in [-0.25, -0.2) is 0 Å². The molecule has 2 rings (SSSR count). The van der Waals surface area contributed by atoms with E-state index in [2.05, 4.69) is 0 Å². The molecule has 4 heteroatoms. The zero-order valence-corrected chi connectivity index (χ0v) is 13.0. The van der Waals surface area contributed by atoms with Crippen LogP contribution in [0, 0.1) is 18.8 Å². The smallest absolute Gasteiger partial charge is 0.225 e. The van der Waals surface area contributed by atoms with Crippen molar-refractivity contribution >= 4 is 5.91 Å². The predicted octanol–water partition coefficient (Wildman–Crippen LogP) is 2.21. The largest absolute Gasteiger partial charge is 0.492 e. The number of nitrogens with zero attached hydrogens (tertiary/aromatic N) is 1. The lowest BCUT2D eigenvalue weighted by molar-refractivity contribution is -0.135. The number of carbonyl (C=O) groups excluding carboxylic acids is 1. The van der Waals surface area contributed by atoms with E-state index in [9.17, 15) is 4.79 Å². The van der Waals surface area contributed by atoms with Crippen molar-refractivity contribution in [3.05, 3.63) is 29.8 Å². The molecule has 21 heavy (non-hydrogen) atoms. The van der Waals surface area contributed by atoms with Gasteiger partial charge in [0.1, 0.15) is 12.4 Å². The van der Waals surface area contributed by atoms with Crippen LogP contribution in [0.25, 0.3) is 0 Å². The van der Waals surface area contributed by atoms with Crippen LogP contribution in [0.2, 0.25) is 0 Å². The number of hydrogen-bond acceptors (Lipinski definition) is 3. The minimum absolute atomic E-state index is 0.110. The van der Waals surface area contributed by atoms with Gasteiger partial charge in [-0.05, 0) is 49.9 Å². The zero-order valence-electron chi connectivity index (χ0n) is 13.0. The van der Waals surface area contributed by atoms with Crippen molar-refractivity contribution in [2.24, 2.45) is 17.6 Å². The van der Waals surface area contributed by atoms with Crippen molar-refractivity contribution < 1.29 is 9.53 Å². The second-order valence-electron chi connectivity index (χ2n) is 5.96. The van der Waals surface area contributed by atoms with E-state index in [-0.39, 0.29) is 11.8 Å². The molecular weight excluding hydrogens is 264 g/mol. The first-order valence-corrected chi connectivity index (χ1v) is 7.76. The summed E-state index contributed by atoms with van der Waals surface area (Å²) in [5, 5.41) is 0. The molecule has 2 unspecified atom stereocenters. The van der Waals surface area contributed by atoms with Gasteiger partial charge < -0.3 is 15.4 Å². The maximum absolute atomic E-state index is 12.4. The summed E-state index contributed by atoms with van der Waals surface area (Å²) in [6.45, 7) is 3.78. The van der Waals surface area contributed by atoms with Gasteiger partial charge >= 0.3 is 0 Å². The third kappa shape index (κ3) is 4.21. The lowest BCUT2D eigenvalue weighted by Crippen LogP contribution is -2.38. The SMILES string of the molecule is Cc1cccc(OCCN(C)C(=O)C2CCCC2CN)c1. The first-order valence-electron chi connectivity index (χ1n) is 7.76. The van der Waals surface area contributed by atoms with Gasteiger partial charge in [0.05, 0.1) is 6.54 Å². The molecule has 0 saturated heterocycles. The van der Waals surface area contributed by atoms with Crippen LogP contribution < -0.4 is 10.5 Å². The first-order chi connectivity index (χ1) is 10.1. The summed E-state index contributed by atoms with van der Waals surface area (Å²) in [5.74, 6) is 1.55. The average molecular weight is 290 g/mol. The number of nitrogens with two attached hydrogens (primary N) is 1. The van der Waals surface area contributed by atoms with Crippen molar-refractivity contribution in [3.63, 3.8) is 0 Å². The first kappa shape index (κ1) is 15.8. The molecule has 4 nitrogen and oxygen atoms in total. The van der Waals surface area contributed by atoms with Crippen LogP contribution in [-0.4, -0.2) is 37.6 Å². The lowest BCUT2D eigenvalue weighted by atomic mass is 9.95. The van der Waals surface area contributed by atoms with Gasteiger partial charge in [-0.1, -0.05) is 18.6 Å². The molecule has 0 aliphatic heterocycles. The summed E-state index contributed by atoms with van der Waals surface area (Å²) in [5.41, 5.74) is 6.93. The quantitative estimate of drug-likeness (QED) is 0.874. The van der Waals surface area contributed by atoms with E-state index in [0.717, 1.165) is 25.0 Å². The fourth-order valence-corrected chi connectivity index (χ4v) is 3.04. The summed E-state index contributed by atoms with van der Waals surface area (Å²) in [6, 6.07) is 7.96. The van der Waals surface area contributed by atoms with Gasteiger partial charge in [-0.3, -0.25) is 4.79 Å². The van der Waals surface area contributed by atoms with Gasteiger partial charge in [-0.2, -0.15) is 0 Å². The highest BCUT2D eigenvalue weighted by Crippen LogP contribution is 2.32.